The average molecular weight is 223 g/mol. The molecule has 1 rings (SSSR count). The molecule has 0 aromatic heterocycles. The summed E-state index contributed by atoms with van der Waals surface area (Å²) in [5.41, 5.74) is 0.698. The van der Waals surface area contributed by atoms with E-state index in [-0.39, 0.29) is 0 Å². The predicted molar refractivity (Wildman–Crippen MR) is 46.6 cm³/mol. The fourth-order valence-electron chi connectivity index (χ4n) is 0.741. The second-order valence-corrected chi connectivity index (χ2v) is 2.89. The maximum Gasteiger partial charge on any atom is 0.240 e. The highest BCUT2D eigenvalue weighted by Crippen LogP contribution is 2.22. The van der Waals surface area contributed by atoms with Gasteiger partial charge >= 0.3 is 0 Å². The number of isocyanates is 1. The van der Waals surface area contributed by atoms with Crippen molar-refractivity contribution in [3.05, 3.63) is 28.2 Å². The molecule has 0 aliphatic heterocycles. The first kappa shape index (κ1) is 8.66. The quantitative estimate of drug-likeness (QED) is 0.541. The Morgan fingerprint density at radius 3 is 2.83 bits per heavy atom. The zero-order valence-electron chi connectivity index (χ0n) is 5.91. The van der Waals surface area contributed by atoms with Gasteiger partial charge in [0.05, 0.1) is 11.3 Å². The first-order valence-electron chi connectivity index (χ1n) is 3.05. The van der Waals surface area contributed by atoms with Gasteiger partial charge in [-0.3, -0.25) is 0 Å². The van der Waals surface area contributed by atoms with Gasteiger partial charge in [0, 0.05) is 4.47 Å². The fourth-order valence-corrected chi connectivity index (χ4v) is 1.09. The van der Waals surface area contributed by atoms with E-state index >= 15 is 0 Å². The van der Waals surface area contributed by atoms with Gasteiger partial charge in [-0.25, -0.2) is 4.79 Å². The normalized spacial score (nSPS) is 8.33. The lowest BCUT2D eigenvalue weighted by molar-refractivity contribution is 0.565. The smallest absolute Gasteiger partial charge is 0.211 e. The highest BCUT2D eigenvalue weighted by Gasteiger charge is 1.99. The summed E-state index contributed by atoms with van der Waals surface area (Å²) in [5, 5.41) is 8.58. The SMILES string of the molecule is N#Cc1ccc(Br)cc1N=C=O. The molecule has 0 radical (unpaired) electrons. The van der Waals surface area contributed by atoms with Crippen LogP contribution in [0.1, 0.15) is 5.56 Å². The molecule has 3 nitrogen and oxygen atoms in total. The lowest BCUT2D eigenvalue weighted by atomic mass is 10.2. The first-order chi connectivity index (χ1) is 5.77. The molecule has 0 spiro atoms. The lowest BCUT2D eigenvalue weighted by Gasteiger charge is -1.94. The minimum atomic E-state index is 0.335. The van der Waals surface area contributed by atoms with E-state index in [4.69, 9.17) is 5.26 Å². The van der Waals surface area contributed by atoms with Gasteiger partial charge in [0.1, 0.15) is 6.07 Å². The van der Waals surface area contributed by atoms with Gasteiger partial charge in [-0.2, -0.15) is 10.3 Å². The summed E-state index contributed by atoms with van der Waals surface area (Å²) < 4.78 is 0.774. The van der Waals surface area contributed by atoms with Gasteiger partial charge in [0.2, 0.25) is 6.08 Å². The molecule has 4 heteroatoms. The van der Waals surface area contributed by atoms with Crippen molar-refractivity contribution >= 4 is 27.7 Å². The van der Waals surface area contributed by atoms with Crippen molar-refractivity contribution in [2.75, 3.05) is 0 Å². The van der Waals surface area contributed by atoms with Crippen LogP contribution in [0.4, 0.5) is 5.69 Å². The molecule has 0 bridgehead atoms. The number of nitriles is 1. The second kappa shape index (κ2) is 3.82. The predicted octanol–water partition coefficient (Wildman–Crippen LogP) is 2.29. The molecule has 0 unspecified atom stereocenters. The van der Waals surface area contributed by atoms with Crippen molar-refractivity contribution in [2.24, 2.45) is 4.99 Å². The molecular weight excluding hydrogens is 220 g/mol. The third-order valence-electron chi connectivity index (χ3n) is 1.25. The number of hydrogen-bond donors (Lipinski definition) is 0. The highest BCUT2D eigenvalue weighted by atomic mass is 79.9. The monoisotopic (exact) mass is 222 g/mol. The number of nitrogens with zero attached hydrogens (tertiary/aromatic N) is 2. The molecular formula is C8H3BrN2O. The largest absolute Gasteiger partial charge is 0.240 e. The molecule has 58 valence electrons. The maximum absolute atomic E-state index is 9.94. The van der Waals surface area contributed by atoms with Crippen LogP contribution < -0.4 is 0 Å². The maximum atomic E-state index is 9.94. The summed E-state index contributed by atoms with van der Waals surface area (Å²) in [6.07, 6.45) is 1.39. The number of aliphatic imine (C=N–C) groups is 1. The molecule has 0 saturated heterocycles. The number of carbonyl (C=O) groups excluding carboxylic acids is 1. The van der Waals surface area contributed by atoms with Crippen LogP contribution in [-0.4, -0.2) is 6.08 Å². The first-order valence-corrected chi connectivity index (χ1v) is 3.84. The van der Waals surface area contributed by atoms with Crippen LogP contribution in [0.5, 0.6) is 0 Å². The molecule has 0 saturated carbocycles. The lowest BCUT2D eigenvalue weighted by Crippen LogP contribution is -1.75. The highest BCUT2D eigenvalue weighted by molar-refractivity contribution is 9.10. The number of hydrogen-bond acceptors (Lipinski definition) is 3. The van der Waals surface area contributed by atoms with Crippen LogP contribution in [0.2, 0.25) is 0 Å². The van der Waals surface area contributed by atoms with Gasteiger partial charge < -0.3 is 0 Å². The molecule has 1 aromatic carbocycles. The third-order valence-corrected chi connectivity index (χ3v) is 1.74. The van der Waals surface area contributed by atoms with Gasteiger partial charge in [0.25, 0.3) is 0 Å². The molecule has 12 heavy (non-hydrogen) atoms. The van der Waals surface area contributed by atoms with E-state index < -0.39 is 0 Å². The van der Waals surface area contributed by atoms with Crippen LogP contribution in [-0.2, 0) is 4.79 Å². The average Bonchev–Trinajstić information content (AvgIpc) is 2.05. The molecule has 0 fully saturated rings. The van der Waals surface area contributed by atoms with E-state index in [9.17, 15) is 4.79 Å². The van der Waals surface area contributed by atoms with Gasteiger partial charge in [-0.1, -0.05) is 15.9 Å². The van der Waals surface area contributed by atoms with Crippen molar-refractivity contribution < 1.29 is 4.79 Å². The Bertz CT molecular complexity index is 389. The number of halogens is 1. The summed E-state index contributed by atoms with van der Waals surface area (Å²) in [5.74, 6) is 0. The van der Waals surface area contributed by atoms with Gasteiger partial charge in [0.15, 0.2) is 0 Å². The Kier molecular flexibility index (Phi) is 2.76. The Morgan fingerprint density at radius 1 is 1.50 bits per heavy atom. The minimum Gasteiger partial charge on any atom is -0.211 e. The number of rotatable bonds is 1. The van der Waals surface area contributed by atoms with E-state index in [0.29, 0.717) is 11.3 Å². The second-order valence-electron chi connectivity index (χ2n) is 1.98. The van der Waals surface area contributed by atoms with Crippen molar-refractivity contribution in [1.29, 1.82) is 5.26 Å². The van der Waals surface area contributed by atoms with Crippen molar-refractivity contribution in [3.63, 3.8) is 0 Å². The van der Waals surface area contributed by atoms with E-state index in [0.717, 1.165) is 4.47 Å². The molecule has 0 amide bonds. The van der Waals surface area contributed by atoms with Crippen molar-refractivity contribution in [1.82, 2.24) is 0 Å². The summed E-state index contributed by atoms with van der Waals surface area (Å²) in [6.45, 7) is 0. The van der Waals surface area contributed by atoms with E-state index in [2.05, 4.69) is 20.9 Å². The van der Waals surface area contributed by atoms with Gasteiger partial charge in [-0.15, -0.1) is 0 Å². The summed E-state index contributed by atoms with van der Waals surface area (Å²) in [6, 6.07) is 6.80. The van der Waals surface area contributed by atoms with Crippen LogP contribution in [0, 0.1) is 11.3 Å². The van der Waals surface area contributed by atoms with Crippen LogP contribution >= 0.6 is 15.9 Å². The van der Waals surface area contributed by atoms with Gasteiger partial charge in [-0.05, 0) is 18.2 Å². The molecule has 0 aliphatic carbocycles. The summed E-state index contributed by atoms with van der Waals surface area (Å²) >= 11 is 3.20. The standard InChI is InChI=1S/C8H3BrN2O/c9-7-2-1-6(4-10)8(3-7)11-5-12/h1-3H. The summed E-state index contributed by atoms with van der Waals surface area (Å²) in [4.78, 5) is 13.3. The molecule has 0 aliphatic rings. The Hall–Kier alpha value is -1.43. The van der Waals surface area contributed by atoms with E-state index in [1.807, 2.05) is 6.07 Å². The Morgan fingerprint density at radius 2 is 2.25 bits per heavy atom. The minimum absolute atomic E-state index is 0.335. The molecule has 0 N–H and O–H groups in total. The zero-order valence-corrected chi connectivity index (χ0v) is 7.50. The Balaban J connectivity index is 3.33. The van der Waals surface area contributed by atoms with Crippen LogP contribution in [0.3, 0.4) is 0 Å². The third kappa shape index (κ3) is 1.79. The number of benzene rings is 1. The molecule has 1 aromatic rings. The van der Waals surface area contributed by atoms with E-state index in [1.54, 1.807) is 18.2 Å². The zero-order chi connectivity index (χ0) is 8.97. The van der Waals surface area contributed by atoms with Crippen LogP contribution in [0.25, 0.3) is 0 Å². The van der Waals surface area contributed by atoms with E-state index in [1.165, 1.54) is 6.08 Å². The topological polar surface area (TPSA) is 53.2 Å². The Labute approximate surface area is 77.5 Å². The summed E-state index contributed by atoms with van der Waals surface area (Å²) in [7, 11) is 0. The van der Waals surface area contributed by atoms with Crippen LogP contribution in [0.15, 0.2) is 27.7 Å². The van der Waals surface area contributed by atoms with Crippen molar-refractivity contribution in [3.8, 4) is 6.07 Å². The molecule has 0 heterocycles. The molecule has 0 atom stereocenters. The fraction of sp³-hybridized carbons (Fsp3) is 0. The van der Waals surface area contributed by atoms with Crippen molar-refractivity contribution in [2.45, 2.75) is 0 Å².